The van der Waals surface area contributed by atoms with Crippen molar-refractivity contribution in [2.24, 2.45) is 17.8 Å². The molecule has 0 saturated heterocycles. The molecule has 54 heavy (non-hydrogen) atoms. The minimum Gasteiger partial charge on any atom is -0.309 e. The van der Waals surface area contributed by atoms with Gasteiger partial charge in [0.15, 0.2) is 17.5 Å². The van der Waals surface area contributed by atoms with E-state index < -0.39 is 0 Å². The van der Waals surface area contributed by atoms with Crippen molar-refractivity contribution in [2.45, 2.75) is 51.4 Å². The average Bonchev–Trinajstić information content (AvgIpc) is 3.53. The lowest BCUT2D eigenvalue weighted by Crippen LogP contribution is -2.42. The minimum absolute atomic E-state index is 0.262. The van der Waals surface area contributed by atoms with Gasteiger partial charge in [-0.2, -0.15) is 5.26 Å². The van der Waals surface area contributed by atoms with E-state index in [1.807, 2.05) is 42.5 Å². The number of nitrogens with zero attached hydrogens (tertiary/aromatic N) is 5. The number of fused-ring (bicyclic) bond motifs is 6. The molecule has 0 aliphatic heterocycles. The summed E-state index contributed by atoms with van der Waals surface area (Å²) >= 11 is 0. The summed E-state index contributed by atoms with van der Waals surface area (Å²) in [5.74, 6) is 4.23. The number of rotatable bonds is 5. The van der Waals surface area contributed by atoms with Gasteiger partial charge < -0.3 is 4.57 Å². The third-order valence-electron chi connectivity index (χ3n) is 12.2. The fourth-order valence-corrected chi connectivity index (χ4v) is 10.2. The Morgan fingerprint density at radius 3 is 1.87 bits per heavy atom. The van der Waals surface area contributed by atoms with E-state index in [-0.39, 0.29) is 5.41 Å². The Labute approximate surface area is 316 Å². The predicted octanol–water partition coefficient (Wildman–Crippen LogP) is 12.1. The molecule has 0 N–H and O–H groups in total. The van der Waals surface area contributed by atoms with E-state index in [9.17, 15) is 5.26 Å². The molecule has 8 aromatic rings. The first-order valence-electron chi connectivity index (χ1n) is 19.3. The molecule has 262 valence electrons. The van der Waals surface area contributed by atoms with Gasteiger partial charge in [-0.15, -0.1) is 0 Å². The molecule has 2 bridgehead atoms. The van der Waals surface area contributed by atoms with Crippen molar-refractivity contribution in [3.63, 3.8) is 0 Å². The SMILES string of the molecule is C[C@@H]1CC2C[C@H](C)CC(c3ccc(-n4c5cc(C#N)ccc5c5ccc(-c6nc(-c7ccccc7)nc(-c7ccc8ccccc8c7)n6)cc54)cc3)(C2)C1. The summed E-state index contributed by atoms with van der Waals surface area (Å²) in [5.41, 5.74) is 8.33. The highest BCUT2D eigenvalue weighted by Crippen LogP contribution is 2.54. The molecule has 10 rings (SSSR count). The van der Waals surface area contributed by atoms with E-state index in [1.165, 1.54) is 43.1 Å². The second-order valence-corrected chi connectivity index (χ2v) is 16.1. The Bertz CT molecular complexity index is 2740. The van der Waals surface area contributed by atoms with Gasteiger partial charge in [-0.05, 0) is 108 Å². The normalized spacial score (nSPS) is 21.0. The van der Waals surface area contributed by atoms with Gasteiger partial charge >= 0.3 is 0 Å². The molecule has 0 spiro atoms. The highest BCUT2D eigenvalue weighted by Gasteiger charge is 2.45. The number of aromatic nitrogens is 4. The number of nitriles is 1. The molecule has 2 aliphatic carbocycles. The predicted molar refractivity (Wildman–Crippen MR) is 219 cm³/mol. The monoisotopic (exact) mass is 699 g/mol. The first kappa shape index (κ1) is 32.5. The lowest BCUT2D eigenvalue weighted by molar-refractivity contribution is 0.0780. The highest BCUT2D eigenvalue weighted by molar-refractivity contribution is 6.10. The quantitative estimate of drug-likeness (QED) is 0.179. The maximum Gasteiger partial charge on any atom is 0.164 e. The molecule has 2 heterocycles. The third kappa shape index (κ3) is 5.56. The molecule has 0 radical (unpaired) electrons. The maximum absolute atomic E-state index is 9.95. The second-order valence-electron chi connectivity index (χ2n) is 16.1. The van der Waals surface area contributed by atoms with Crippen molar-refractivity contribution in [2.75, 3.05) is 0 Å². The van der Waals surface area contributed by atoms with Crippen LogP contribution in [0, 0.1) is 29.1 Å². The van der Waals surface area contributed by atoms with Crippen LogP contribution < -0.4 is 0 Å². The zero-order valence-corrected chi connectivity index (χ0v) is 30.7. The van der Waals surface area contributed by atoms with Gasteiger partial charge in [0.2, 0.25) is 0 Å². The lowest BCUT2D eigenvalue weighted by atomic mass is 9.54. The molecule has 2 aliphatic rings. The Hall–Kier alpha value is -6.12. The first-order valence-corrected chi connectivity index (χ1v) is 19.3. The van der Waals surface area contributed by atoms with Crippen LogP contribution in [0.25, 0.3) is 72.4 Å². The number of hydrogen-bond donors (Lipinski definition) is 0. The van der Waals surface area contributed by atoms with Crippen LogP contribution in [-0.2, 0) is 5.41 Å². The van der Waals surface area contributed by atoms with E-state index in [1.54, 1.807) is 0 Å². The van der Waals surface area contributed by atoms with Crippen molar-refractivity contribution >= 4 is 32.6 Å². The van der Waals surface area contributed by atoms with Crippen LogP contribution in [0.5, 0.6) is 0 Å². The van der Waals surface area contributed by atoms with Gasteiger partial charge in [-0.3, -0.25) is 0 Å². The molecule has 4 atom stereocenters. The molecule has 2 saturated carbocycles. The van der Waals surface area contributed by atoms with Crippen molar-refractivity contribution in [3.05, 3.63) is 145 Å². The third-order valence-corrected chi connectivity index (χ3v) is 12.2. The smallest absolute Gasteiger partial charge is 0.164 e. The lowest BCUT2D eigenvalue weighted by Gasteiger charge is -2.50. The van der Waals surface area contributed by atoms with Crippen molar-refractivity contribution in [1.29, 1.82) is 5.26 Å². The van der Waals surface area contributed by atoms with E-state index in [0.717, 1.165) is 67.3 Å². The fraction of sp³-hybridized carbons (Fsp3) is 0.224. The molecule has 6 aromatic carbocycles. The first-order chi connectivity index (χ1) is 26.4. The molecule has 2 fully saturated rings. The van der Waals surface area contributed by atoms with Crippen LogP contribution in [0.3, 0.4) is 0 Å². The molecular formula is C49H41N5. The van der Waals surface area contributed by atoms with E-state index >= 15 is 0 Å². The van der Waals surface area contributed by atoms with Crippen LogP contribution in [0.4, 0.5) is 0 Å². The maximum atomic E-state index is 9.95. The largest absolute Gasteiger partial charge is 0.309 e. The van der Waals surface area contributed by atoms with Crippen LogP contribution >= 0.6 is 0 Å². The summed E-state index contributed by atoms with van der Waals surface area (Å²) < 4.78 is 2.32. The average molecular weight is 700 g/mol. The van der Waals surface area contributed by atoms with Gasteiger partial charge in [0.05, 0.1) is 22.7 Å². The van der Waals surface area contributed by atoms with Crippen molar-refractivity contribution in [1.82, 2.24) is 19.5 Å². The molecule has 5 nitrogen and oxygen atoms in total. The topological polar surface area (TPSA) is 67.4 Å². The standard InChI is InChI=1S/C49H41N5/c1-31-22-34-23-32(2)28-49(27-31,29-34)40-16-18-41(19-17-40)54-44-24-33(30-50)12-20-42(44)43-21-15-39(26-45(43)54)48-52-46(36-9-4-3-5-10-36)51-47(53-48)38-14-13-35-8-6-7-11-37(35)25-38/h3-21,24-26,31-32,34H,22-23,27-29H2,1-2H3/t31-,32+,34?,49?. The van der Waals surface area contributed by atoms with Gasteiger partial charge in [0.25, 0.3) is 0 Å². The number of hydrogen-bond acceptors (Lipinski definition) is 4. The van der Waals surface area contributed by atoms with Crippen LogP contribution in [0.2, 0.25) is 0 Å². The van der Waals surface area contributed by atoms with E-state index in [0.29, 0.717) is 23.0 Å². The summed E-state index contributed by atoms with van der Waals surface area (Å²) in [4.78, 5) is 15.2. The van der Waals surface area contributed by atoms with E-state index in [4.69, 9.17) is 15.0 Å². The van der Waals surface area contributed by atoms with Crippen LogP contribution in [-0.4, -0.2) is 19.5 Å². The van der Waals surface area contributed by atoms with Gasteiger partial charge in [-0.25, -0.2) is 15.0 Å². The minimum atomic E-state index is 0.262. The van der Waals surface area contributed by atoms with Crippen LogP contribution in [0.15, 0.2) is 133 Å². The highest BCUT2D eigenvalue weighted by atomic mass is 15.0. The van der Waals surface area contributed by atoms with Gasteiger partial charge in [0, 0.05) is 33.2 Å². The zero-order chi connectivity index (χ0) is 36.4. The zero-order valence-electron chi connectivity index (χ0n) is 30.7. The summed E-state index contributed by atoms with van der Waals surface area (Å²) in [5, 5.41) is 14.5. The molecule has 5 heteroatoms. The van der Waals surface area contributed by atoms with Crippen molar-refractivity contribution in [3.8, 4) is 45.9 Å². The molecule has 2 aromatic heterocycles. The Balaban J connectivity index is 1.14. The Kier molecular flexibility index (Phi) is 7.70. The van der Waals surface area contributed by atoms with Crippen LogP contribution in [0.1, 0.15) is 57.1 Å². The Morgan fingerprint density at radius 1 is 0.574 bits per heavy atom. The molecular weight excluding hydrogens is 659 g/mol. The summed E-state index contributed by atoms with van der Waals surface area (Å²) in [6.45, 7) is 4.90. The van der Waals surface area contributed by atoms with Crippen molar-refractivity contribution < 1.29 is 0 Å². The van der Waals surface area contributed by atoms with E-state index in [2.05, 4.69) is 115 Å². The molecule has 0 amide bonds. The van der Waals surface area contributed by atoms with Gasteiger partial charge in [0.1, 0.15) is 0 Å². The summed E-state index contributed by atoms with van der Waals surface area (Å²) in [7, 11) is 0. The molecule has 2 unspecified atom stereocenters. The van der Waals surface area contributed by atoms with Gasteiger partial charge in [-0.1, -0.05) is 111 Å². The summed E-state index contributed by atoms with van der Waals surface area (Å²) in [6.07, 6.45) is 6.59. The number of benzene rings is 6. The summed E-state index contributed by atoms with van der Waals surface area (Å²) in [6, 6.07) is 49.2. The Morgan fingerprint density at radius 2 is 1.17 bits per heavy atom. The second kappa shape index (κ2) is 12.8. The fourth-order valence-electron chi connectivity index (χ4n) is 10.2.